The van der Waals surface area contributed by atoms with Crippen molar-refractivity contribution in [3.8, 4) is 44.5 Å². The van der Waals surface area contributed by atoms with E-state index >= 15 is 0 Å². The van der Waals surface area contributed by atoms with Crippen LogP contribution in [0.2, 0.25) is 0 Å². The molecule has 0 N–H and O–H groups in total. The molecule has 3 aliphatic carbocycles. The first-order valence-electron chi connectivity index (χ1n) is 31.2. The summed E-state index contributed by atoms with van der Waals surface area (Å²) in [7, 11) is 0. The summed E-state index contributed by atoms with van der Waals surface area (Å²) in [6.45, 7) is 28.3. The second-order valence-electron chi connectivity index (χ2n) is 29.2. The van der Waals surface area contributed by atoms with Gasteiger partial charge in [0.2, 0.25) is 0 Å². The number of nitrogens with zero attached hydrogens (tertiary/aromatic N) is 1. The molecule has 4 aliphatic rings. The quantitative estimate of drug-likeness (QED) is 0.175. The van der Waals surface area contributed by atoms with Crippen LogP contribution in [0, 0.1) is 0 Å². The second-order valence-corrected chi connectivity index (χ2v) is 30.3. The highest BCUT2D eigenvalue weighted by Crippen LogP contribution is 2.66. The topological polar surface area (TPSA) is 16.4 Å². The average Bonchev–Trinajstić information content (AvgIpc) is 1.55. The van der Waals surface area contributed by atoms with Gasteiger partial charge in [0, 0.05) is 43.1 Å². The van der Waals surface area contributed by atoms with Gasteiger partial charge in [-0.3, -0.25) is 0 Å². The van der Waals surface area contributed by atoms with Crippen LogP contribution in [0.1, 0.15) is 150 Å². The van der Waals surface area contributed by atoms with Crippen molar-refractivity contribution >= 4 is 50.8 Å². The second kappa shape index (κ2) is 18.5. The highest BCUT2D eigenvalue weighted by Gasteiger charge is 2.54. The molecule has 87 heavy (non-hydrogen) atoms. The summed E-state index contributed by atoms with van der Waals surface area (Å²) in [5.74, 6) is 0. The van der Waals surface area contributed by atoms with Crippen LogP contribution in [-0.4, -0.2) is 0 Å². The number of benzene rings is 11. The van der Waals surface area contributed by atoms with E-state index in [0.29, 0.717) is 0 Å². The van der Waals surface area contributed by atoms with Gasteiger partial charge in [0.15, 0.2) is 0 Å². The molecule has 0 bridgehead atoms. The van der Waals surface area contributed by atoms with Gasteiger partial charge in [-0.1, -0.05) is 271 Å². The van der Waals surface area contributed by atoms with Gasteiger partial charge >= 0.3 is 0 Å². The zero-order chi connectivity index (χ0) is 59.9. The monoisotopic (exact) mass is 1140 g/mol. The number of rotatable bonds is 4. The van der Waals surface area contributed by atoms with Crippen molar-refractivity contribution in [2.45, 2.75) is 125 Å². The number of para-hydroxylation sites is 3. The first-order chi connectivity index (χ1) is 41.6. The summed E-state index contributed by atoms with van der Waals surface area (Å²) in [6, 6.07) is 87.2. The maximum Gasteiger partial charge on any atom is 0.143 e. The minimum Gasteiger partial charge on any atom is -0.455 e. The molecule has 0 atom stereocenters. The van der Waals surface area contributed by atoms with Gasteiger partial charge in [0.05, 0.1) is 16.5 Å². The van der Waals surface area contributed by atoms with Crippen LogP contribution in [-0.2, 0) is 32.5 Å². The largest absolute Gasteiger partial charge is 0.455 e. The molecular formula is C84H73NOS. The molecule has 12 aromatic rings. The summed E-state index contributed by atoms with van der Waals surface area (Å²) in [6.07, 6.45) is 0. The average molecular weight is 1140 g/mol. The van der Waals surface area contributed by atoms with Crippen LogP contribution in [0.25, 0.3) is 66.4 Å². The maximum atomic E-state index is 6.96. The molecule has 0 saturated heterocycles. The zero-order valence-electron chi connectivity index (χ0n) is 52.1. The lowest BCUT2D eigenvalue weighted by molar-refractivity contribution is 0.581. The Hall–Kier alpha value is -8.63. The van der Waals surface area contributed by atoms with Crippen molar-refractivity contribution in [2.75, 3.05) is 4.90 Å². The normalized spacial score (nSPS) is 14.8. The zero-order valence-corrected chi connectivity index (χ0v) is 52.9. The summed E-state index contributed by atoms with van der Waals surface area (Å²) < 4.78 is 6.96. The van der Waals surface area contributed by atoms with Crippen LogP contribution in [0.3, 0.4) is 0 Å². The van der Waals surface area contributed by atoms with E-state index in [0.717, 1.165) is 50.1 Å². The smallest absolute Gasteiger partial charge is 0.143 e. The Bertz CT molecular complexity index is 4770. The molecule has 2 spiro atoms. The highest BCUT2D eigenvalue weighted by molar-refractivity contribution is 7.99. The number of furan rings is 1. The Morgan fingerprint density at radius 1 is 0.299 bits per heavy atom. The number of fused-ring (bicyclic) bond motifs is 22. The van der Waals surface area contributed by atoms with E-state index in [2.05, 4.69) is 312 Å². The molecule has 3 heteroatoms. The van der Waals surface area contributed by atoms with Crippen LogP contribution in [0.5, 0.6) is 0 Å². The van der Waals surface area contributed by atoms with Crippen molar-refractivity contribution in [3.05, 3.63) is 291 Å². The minimum atomic E-state index is -0.637. The van der Waals surface area contributed by atoms with Crippen LogP contribution < -0.4 is 4.90 Å². The summed E-state index contributed by atoms with van der Waals surface area (Å²) in [5, 5.41) is 2.23. The molecule has 0 amide bonds. The van der Waals surface area contributed by atoms with E-state index in [1.54, 1.807) is 0 Å². The standard InChI is InChI=1S/C84H73NOS/c1-79(2,3)50-32-38-58-59-39-33-51(80(4,5)6)45-69(59)83(68(58)44-50)66-28-17-13-22-56(66)60-40-36-54(48-70(60)83)85(74-30-19-15-24-62(74)64-26-21-27-65-63-25-16-20-31-75(63)86-78(64)65)55-37-41-61-57-23-14-18-29-67(57)84(71(61)49-55)72-46-52(81(7,8)9)34-42-76(72)87-77-43-35-53(47-73(77)84)82(10,11)12/h13-49H,1-12H3. The summed E-state index contributed by atoms with van der Waals surface area (Å²) >= 11 is 1.93. The predicted molar refractivity (Wildman–Crippen MR) is 366 cm³/mol. The van der Waals surface area contributed by atoms with Crippen molar-refractivity contribution < 1.29 is 4.42 Å². The molecule has 0 saturated carbocycles. The number of anilines is 3. The lowest BCUT2D eigenvalue weighted by Crippen LogP contribution is -2.33. The SMILES string of the molecule is CC(C)(C)c1ccc2c(c1)C1(c3cc(C(C)(C)C)ccc3S2)c2ccccc2-c2ccc(N(c3ccc4c(c3)C3(c5ccccc5-4)c4cc(C(C)(C)C)ccc4-c4ccc(C(C)(C)C)cc43)c3ccccc3-c3cccc4c3oc3ccccc34)cc21. The van der Waals surface area contributed by atoms with Gasteiger partial charge in [-0.15, -0.1) is 0 Å². The molecule has 1 aromatic heterocycles. The van der Waals surface area contributed by atoms with Crippen LogP contribution in [0.15, 0.2) is 239 Å². The molecule has 16 rings (SSSR count). The Balaban J connectivity index is 1.02. The third-order valence-corrected chi connectivity index (χ3v) is 21.2. The fourth-order valence-corrected chi connectivity index (χ4v) is 16.7. The highest BCUT2D eigenvalue weighted by atomic mass is 32.2. The molecule has 11 aromatic carbocycles. The van der Waals surface area contributed by atoms with Gasteiger partial charge in [-0.2, -0.15) is 0 Å². The predicted octanol–water partition coefficient (Wildman–Crippen LogP) is 23.1. The molecule has 2 heterocycles. The van der Waals surface area contributed by atoms with Gasteiger partial charge in [0.25, 0.3) is 0 Å². The molecule has 0 radical (unpaired) electrons. The van der Waals surface area contributed by atoms with E-state index in [4.69, 9.17) is 4.42 Å². The van der Waals surface area contributed by atoms with E-state index < -0.39 is 10.8 Å². The van der Waals surface area contributed by atoms with Crippen molar-refractivity contribution in [3.63, 3.8) is 0 Å². The van der Waals surface area contributed by atoms with Gasteiger partial charge in [-0.05, 0) is 170 Å². The fourth-order valence-electron chi connectivity index (χ4n) is 15.5. The Labute approximate surface area is 518 Å². The van der Waals surface area contributed by atoms with Crippen molar-refractivity contribution in [1.29, 1.82) is 0 Å². The molecule has 426 valence electrons. The molecule has 0 fully saturated rings. The lowest BCUT2D eigenvalue weighted by Gasteiger charge is -2.41. The Kier molecular flexibility index (Phi) is 11.4. The first kappa shape index (κ1) is 53.8. The first-order valence-corrected chi connectivity index (χ1v) is 32.0. The van der Waals surface area contributed by atoms with Crippen LogP contribution in [0.4, 0.5) is 17.1 Å². The van der Waals surface area contributed by atoms with Crippen molar-refractivity contribution in [2.24, 2.45) is 0 Å². The Morgan fingerprint density at radius 3 is 1.17 bits per heavy atom. The molecule has 1 aliphatic heterocycles. The third kappa shape index (κ3) is 7.67. The number of hydrogen-bond donors (Lipinski definition) is 0. The summed E-state index contributed by atoms with van der Waals surface area (Å²) in [4.78, 5) is 5.20. The van der Waals surface area contributed by atoms with Crippen molar-refractivity contribution in [1.82, 2.24) is 0 Å². The minimum absolute atomic E-state index is 0.0706. The molecule has 2 nitrogen and oxygen atoms in total. The Morgan fingerprint density at radius 2 is 0.667 bits per heavy atom. The van der Waals surface area contributed by atoms with Gasteiger partial charge in [-0.25, -0.2) is 0 Å². The van der Waals surface area contributed by atoms with Crippen LogP contribution >= 0.6 is 11.8 Å². The van der Waals surface area contributed by atoms with Gasteiger partial charge in [0.1, 0.15) is 11.2 Å². The third-order valence-electron chi connectivity index (χ3n) is 20.0. The maximum absolute atomic E-state index is 6.96. The number of hydrogen-bond acceptors (Lipinski definition) is 3. The lowest BCUT2D eigenvalue weighted by atomic mass is 9.65. The molecule has 0 unspecified atom stereocenters. The van der Waals surface area contributed by atoms with E-state index in [-0.39, 0.29) is 21.7 Å². The van der Waals surface area contributed by atoms with E-state index in [9.17, 15) is 0 Å². The van der Waals surface area contributed by atoms with E-state index in [1.807, 2.05) is 11.8 Å². The fraction of sp³-hybridized carbons (Fsp3) is 0.214. The van der Waals surface area contributed by atoms with Gasteiger partial charge < -0.3 is 9.32 Å². The van der Waals surface area contributed by atoms with E-state index in [1.165, 1.54) is 110 Å². The molecular weight excluding hydrogens is 1070 g/mol. The summed E-state index contributed by atoms with van der Waals surface area (Å²) in [5.41, 5.74) is 29.4.